The molecule has 0 saturated carbocycles. The molecule has 0 radical (unpaired) electrons. The topological polar surface area (TPSA) is 79.2 Å². The SMILES string of the molecule is [2H]C([2H])([2H])N(C(=O)c1ccc(C2=CCN([C@@H](C)c3cc4c(-c5ccc(NC)nn5)ccnc4n3C)CC2)cc1)C([2H])([2H])[2H]. The first-order chi connectivity index (χ1) is 20.3. The summed E-state index contributed by atoms with van der Waals surface area (Å²) in [5.74, 6) is -0.356. The van der Waals surface area contributed by atoms with Crippen LogP contribution in [-0.2, 0) is 7.05 Å². The molecular weight excluding hydrogens is 462 g/mol. The first kappa shape index (κ1) is 18.2. The lowest BCUT2D eigenvalue weighted by atomic mass is 9.97. The third-order valence-corrected chi connectivity index (χ3v) is 7.08. The zero-order chi connectivity index (χ0) is 31.1. The number of carbonyl (C=O) groups is 1. The van der Waals surface area contributed by atoms with Gasteiger partial charge in [-0.3, -0.25) is 9.69 Å². The van der Waals surface area contributed by atoms with Crippen molar-refractivity contribution in [2.24, 2.45) is 7.05 Å². The highest BCUT2D eigenvalue weighted by Gasteiger charge is 2.23. The van der Waals surface area contributed by atoms with Crippen LogP contribution in [0, 0.1) is 0 Å². The minimum atomic E-state index is -3.08. The van der Waals surface area contributed by atoms with Crippen molar-refractivity contribution in [1.82, 2.24) is 29.5 Å². The fourth-order valence-electron chi connectivity index (χ4n) is 4.91. The van der Waals surface area contributed by atoms with Crippen molar-refractivity contribution in [2.45, 2.75) is 19.4 Å². The first-order valence-corrected chi connectivity index (χ1v) is 12.1. The van der Waals surface area contributed by atoms with Gasteiger partial charge in [0.25, 0.3) is 5.91 Å². The molecule has 1 amide bonds. The molecule has 1 aliphatic heterocycles. The van der Waals surface area contributed by atoms with Gasteiger partial charge in [0.05, 0.1) is 5.69 Å². The molecule has 190 valence electrons. The molecule has 8 nitrogen and oxygen atoms in total. The largest absolute Gasteiger partial charge is 0.372 e. The number of nitrogens with one attached hydrogen (secondary N) is 1. The fraction of sp³-hybridized carbons (Fsp3) is 0.310. The van der Waals surface area contributed by atoms with E-state index in [1.54, 1.807) is 25.4 Å². The monoisotopic (exact) mass is 501 g/mol. The molecule has 1 atom stereocenters. The Kier molecular flexibility index (Phi) is 5.00. The summed E-state index contributed by atoms with van der Waals surface area (Å²) >= 11 is 0. The van der Waals surface area contributed by atoms with Crippen molar-refractivity contribution in [3.05, 3.63) is 77.6 Å². The van der Waals surface area contributed by atoms with Crippen LogP contribution in [0.3, 0.4) is 0 Å². The van der Waals surface area contributed by atoms with Crippen LogP contribution in [-0.4, -0.2) is 69.5 Å². The normalized spacial score (nSPS) is 18.0. The second-order valence-corrected chi connectivity index (χ2v) is 9.15. The van der Waals surface area contributed by atoms with Crippen LogP contribution >= 0.6 is 0 Å². The molecule has 5 rings (SSSR count). The minimum Gasteiger partial charge on any atom is -0.372 e. The summed E-state index contributed by atoms with van der Waals surface area (Å²) in [6.45, 7) is -2.47. The lowest BCUT2D eigenvalue weighted by molar-refractivity contribution is 0.0827. The van der Waals surface area contributed by atoms with Gasteiger partial charge < -0.3 is 14.8 Å². The Morgan fingerprint density at radius 3 is 2.59 bits per heavy atom. The average Bonchev–Trinajstić information content (AvgIpc) is 3.32. The number of pyridine rings is 1. The van der Waals surface area contributed by atoms with E-state index in [4.69, 9.17) is 8.22 Å². The van der Waals surface area contributed by atoms with Crippen LogP contribution < -0.4 is 5.32 Å². The van der Waals surface area contributed by atoms with Gasteiger partial charge in [-0.05, 0) is 60.9 Å². The van der Waals surface area contributed by atoms with Gasteiger partial charge >= 0.3 is 0 Å². The lowest BCUT2D eigenvalue weighted by Gasteiger charge is -2.32. The van der Waals surface area contributed by atoms with Crippen molar-refractivity contribution in [2.75, 3.05) is 39.4 Å². The van der Waals surface area contributed by atoms with Crippen LogP contribution in [0.4, 0.5) is 5.82 Å². The number of carbonyl (C=O) groups excluding carboxylic acids is 1. The number of nitrogens with zero attached hydrogens (tertiary/aromatic N) is 6. The molecule has 4 heterocycles. The molecule has 8 heteroatoms. The first-order valence-electron chi connectivity index (χ1n) is 15.1. The molecule has 4 aromatic rings. The summed E-state index contributed by atoms with van der Waals surface area (Å²) in [6.07, 6.45) is 4.71. The van der Waals surface area contributed by atoms with Gasteiger partial charge in [-0.25, -0.2) is 4.98 Å². The van der Waals surface area contributed by atoms with E-state index in [9.17, 15) is 4.79 Å². The second-order valence-electron chi connectivity index (χ2n) is 9.15. The molecule has 1 N–H and O–H groups in total. The van der Waals surface area contributed by atoms with Crippen molar-refractivity contribution >= 4 is 28.3 Å². The summed E-state index contributed by atoms with van der Waals surface area (Å²) in [7, 11) is 3.83. The standard InChI is InChI=1S/C29H33N7O/c1-19(36-16-13-21(14-17-36)20-6-8-22(9-7-20)29(37)34(3)4)26-18-24-23(12-15-31-28(24)35(26)5)25-10-11-27(30-2)33-32-25/h6-13,15,18-19H,14,16-17H2,1-5H3,(H,30,33)/t19-/m0/s1/i3D3,4D3. The molecule has 0 spiro atoms. The molecule has 0 fully saturated rings. The lowest BCUT2D eigenvalue weighted by Crippen LogP contribution is -2.32. The Labute approximate surface area is 226 Å². The molecule has 1 aromatic carbocycles. The van der Waals surface area contributed by atoms with Crippen LogP contribution in [0.2, 0.25) is 0 Å². The molecule has 0 bridgehead atoms. The molecule has 1 aliphatic rings. The van der Waals surface area contributed by atoms with E-state index < -0.39 is 19.9 Å². The Morgan fingerprint density at radius 1 is 1.14 bits per heavy atom. The summed E-state index contributed by atoms with van der Waals surface area (Å²) in [5, 5.41) is 12.6. The molecule has 0 saturated heterocycles. The third kappa shape index (κ3) is 4.72. The van der Waals surface area contributed by atoms with Crippen molar-refractivity contribution in [3.8, 4) is 11.3 Å². The number of anilines is 1. The number of aryl methyl sites for hydroxylation is 1. The Bertz CT molecular complexity index is 1650. The van der Waals surface area contributed by atoms with Gasteiger partial charge in [0.1, 0.15) is 11.5 Å². The van der Waals surface area contributed by atoms with E-state index in [0.717, 1.165) is 52.1 Å². The molecular formula is C29H33N7O. The highest BCUT2D eigenvalue weighted by atomic mass is 16.2. The van der Waals surface area contributed by atoms with Gasteiger partial charge in [-0.1, -0.05) is 18.2 Å². The zero-order valence-corrected chi connectivity index (χ0v) is 21.1. The van der Waals surface area contributed by atoms with Gasteiger partial charge in [0.2, 0.25) is 0 Å². The maximum Gasteiger partial charge on any atom is 0.253 e. The van der Waals surface area contributed by atoms with Crippen molar-refractivity contribution in [1.29, 1.82) is 0 Å². The third-order valence-electron chi connectivity index (χ3n) is 7.08. The number of amides is 1. The number of rotatable bonds is 6. The van der Waals surface area contributed by atoms with Crippen molar-refractivity contribution < 1.29 is 13.0 Å². The van der Waals surface area contributed by atoms with Gasteiger partial charge in [-0.15, -0.1) is 10.2 Å². The average molecular weight is 502 g/mol. The number of hydrogen-bond donors (Lipinski definition) is 1. The highest BCUT2D eigenvalue weighted by Crippen LogP contribution is 2.34. The quantitative estimate of drug-likeness (QED) is 0.415. The van der Waals surface area contributed by atoms with E-state index in [2.05, 4.69) is 49.0 Å². The zero-order valence-electron chi connectivity index (χ0n) is 27.1. The smallest absolute Gasteiger partial charge is 0.253 e. The Morgan fingerprint density at radius 2 is 1.95 bits per heavy atom. The number of hydrogen-bond acceptors (Lipinski definition) is 6. The molecule has 0 aliphatic carbocycles. The molecule has 0 unspecified atom stereocenters. The van der Waals surface area contributed by atoms with Crippen LogP contribution in [0.25, 0.3) is 27.9 Å². The second kappa shape index (κ2) is 10.1. The van der Waals surface area contributed by atoms with Crippen LogP contribution in [0.1, 0.15) is 49.2 Å². The van der Waals surface area contributed by atoms with E-state index in [1.807, 2.05) is 25.2 Å². The summed E-state index contributed by atoms with van der Waals surface area (Å²) < 4.78 is 47.1. The Hall–Kier alpha value is -4.04. The van der Waals surface area contributed by atoms with E-state index >= 15 is 0 Å². The Balaban J connectivity index is 1.33. The van der Waals surface area contributed by atoms with Crippen molar-refractivity contribution in [3.63, 3.8) is 0 Å². The fourth-order valence-corrected chi connectivity index (χ4v) is 4.91. The highest BCUT2D eigenvalue weighted by molar-refractivity contribution is 5.94. The van der Waals surface area contributed by atoms with Crippen LogP contribution in [0.5, 0.6) is 0 Å². The predicted octanol–water partition coefficient (Wildman–Crippen LogP) is 4.62. The number of fused-ring (bicyclic) bond motifs is 1. The summed E-state index contributed by atoms with van der Waals surface area (Å²) in [4.78, 5) is 19.8. The van der Waals surface area contributed by atoms with Gasteiger partial charge in [0, 0.05) is 83.8 Å². The van der Waals surface area contributed by atoms with E-state index in [-0.39, 0.29) is 16.5 Å². The minimum absolute atomic E-state index is 0.00960. The summed E-state index contributed by atoms with van der Waals surface area (Å²) in [5.41, 5.74) is 5.77. The van der Waals surface area contributed by atoms with Gasteiger partial charge in [0.15, 0.2) is 0 Å². The maximum atomic E-state index is 12.8. The number of benzene rings is 1. The predicted molar refractivity (Wildman–Crippen MR) is 148 cm³/mol. The van der Waals surface area contributed by atoms with E-state index in [1.165, 1.54) is 12.1 Å². The maximum absolute atomic E-state index is 12.8. The molecule has 37 heavy (non-hydrogen) atoms. The molecule has 3 aromatic heterocycles. The summed E-state index contributed by atoms with van der Waals surface area (Å²) in [6, 6.07) is 14.5. The van der Waals surface area contributed by atoms with Gasteiger partial charge in [-0.2, -0.15) is 0 Å². The van der Waals surface area contributed by atoms with Crippen LogP contribution in [0.15, 0.2) is 60.8 Å². The number of aromatic nitrogens is 4. The van der Waals surface area contributed by atoms with E-state index in [0.29, 0.717) is 12.4 Å².